The average Bonchev–Trinajstić information content (AvgIpc) is 2.80. The SMILES string of the molecule is O=C(O)c1ccc(N=Nc2c(O)[nH]c3ccc(Cl)cc23)cc1. The first-order chi connectivity index (χ1) is 10.5. The van der Waals surface area contributed by atoms with E-state index in [9.17, 15) is 9.90 Å². The normalized spacial score (nSPS) is 11.3. The van der Waals surface area contributed by atoms with Gasteiger partial charge in [-0.15, -0.1) is 5.11 Å². The third-order valence-electron chi connectivity index (χ3n) is 3.09. The van der Waals surface area contributed by atoms with Crippen molar-refractivity contribution in [2.75, 3.05) is 0 Å². The standard InChI is InChI=1S/C15H10ClN3O3/c16-9-3-6-12-11(7-9)13(14(20)17-12)19-18-10-4-1-8(2-5-10)15(21)22/h1-7,17,20H,(H,21,22). The largest absolute Gasteiger partial charge is 0.493 e. The fourth-order valence-electron chi connectivity index (χ4n) is 2.02. The van der Waals surface area contributed by atoms with Gasteiger partial charge in [0.05, 0.1) is 16.8 Å². The molecule has 0 unspecified atom stereocenters. The van der Waals surface area contributed by atoms with Gasteiger partial charge in [0.25, 0.3) is 0 Å². The minimum atomic E-state index is -1.01. The van der Waals surface area contributed by atoms with E-state index in [0.29, 0.717) is 21.6 Å². The quantitative estimate of drug-likeness (QED) is 0.614. The van der Waals surface area contributed by atoms with Crippen molar-refractivity contribution in [2.24, 2.45) is 10.2 Å². The molecule has 0 fully saturated rings. The molecule has 0 radical (unpaired) electrons. The van der Waals surface area contributed by atoms with Crippen LogP contribution in [0.25, 0.3) is 10.9 Å². The lowest BCUT2D eigenvalue weighted by molar-refractivity contribution is 0.0697. The molecule has 1 heterocycles. The van der Waals surface area contributed by atoms with Gasteiger partial charge in [0.1, 0.15) is 0 Å². The second-order valence-corrected chi connectivity index (χ2v) is 5.00. The van der Waals surface area contributed by atoms with Crippen LogP contribution < -0.4 is 0 Å². The number of aromatic hydroxyl groups is 1. The smallest absolute Gasteiger partial charge is 0.335 e. The van der Waals surface area contributed by atoms with Crippen molar-refractivity contribution in [3.63, 3.8) is 0 Å². The maximum atomic E-state index is 10.8. The van der Waals surface area contributed by atoms with Crippen molar-refractivity contribution in [3.05, 3.63) is 53.1 Å². The van der Waals surface area contributed by atoms with Gasteiger partial charge < -0.3 is 15.2 Å². The van der Waals surface area contributed by atoms with Gasteiger partial charge in [-0.2, -0.15) is 5.11 Å². The lowest BCUT2D eigenvalue weighted by Crippen LogP contribution is -1.93. The van der Waals surface area contributed by atoms with Crippen LogP contribution >= 0.6 is 11.6 Å². The van der Waals surface area contributed by atoms with E-state index in [1.54, 1.807) is 18.2 Å². The Balaban J connectivity index is 1.96. The van der Waals surface area contributed by atoms with Crippen LogP contribution in [0.4, 0.5) is 11.4 Å². The molecule has 110 valence electrons. The number of nitrogens with one attached hydrogen (secondary N) is 1. The highest BCUT2D eigenvalue weighted by atomic mass is 35.5. The monoisotopic (exact) mass is 315 g/mol. The maximum Gasteiger partial charge on any atom is 0.335 e. The summed E-state index contributed by atoms with van der Waals surface area (Å²) >= 11 is 5.94. The van der Waals surface area contributed by atoms with Gasteiger partial charge in [0.15, 0.2) is 5.69 Å². The highest BCUT2D eigenvalue weighted by Crippen LogP contribution is 2.37. The third-order valence-corrected chi connectivity index (χ3v) is 3.33. The van der Waals surface area contributed by atoms with Crippen molar-refractivity contribution >= 4 is 39.8 Å². The number of hydrogen-bond acceptors (Lipinski definition) is 4. The van der Waals surface area contributed by atoms with Crippen molar-refractivity contribution in [1.29, 1.82) is 0 Å². The van der Waals surface area contributed by atoms with Crippen LogP contribution in [0.5, 0.6) is 5.88 Å². The van der Waals surface area contributed by atoms with Crippen LogP contribution in [-0.2, 0) is 0 Å². The summed E-state index contributed by atoms with van der Waals surface area (Å²) in [6, 6.07) is 11.0. The molecule has 0 aliphatic heterocycles. The molecule has 6 nitrogen and oxygen atoms in total. The molecule has 22 heavy (non-hydrogen) atoms. The number of aromatic carboxylic acids is 1. The average molecular weight is 316 g/mol. The summed E-state index contributed by atoms with van der Waals surface area (Å²) in [7, 11) is 0. The molecule has 2 aromatic carbocycles. The fourth-order valence-corrected chi connectivity index (χ4v) is 2.19. The second-order valence-electron chi connectivity index (χ2n) is 4.56. The number of carboxylic acid groups (broad SMARTS) is 1. The van der Waals surface area contributed by atoms with Crippen molar-refractivity contribution in [1.82, 2.24) is 4.98 Å². The Labute approximate surface area is 129 Å². The van der Waals surface area contributed by atoms with Gasteiger partial charge in [0.2, 0.25) is 5.88 Å². The van der Waals surface area contributed by atoms with E-state index in [1.165, 1.54) is 24.3 Å². The van der Waals surface area contributed by atoms with Crippen LogP contribution in [0.2, 0.25) is 5.02 Å². The highest BCUT2D eigenvalue weighted by molar-refractivity contribution is 6.31. The first kappa shape index (κ1) is 14.1. The Morgan fingerprint density at radius 1 is 1.09 bits per heavy atom. The molecule has 0 aliphatic carbocycles. The zero-order valence-corrected chi connectivity index (χ0v) is 11.9. The van der Waals surface area contributed by atoms with Crippen LogP contribution in [-0.4, -0.2) is 21.2 Å². The Morgan fingerprint density at radius 2 is 1.82 bits per heavy atom. The number of halogens is 1. The summed E-state index contributed by atoms with van der Waals surface area (Å²) in [5.74, 6) is -1.12. The summed E-state index contributed by atoms with van der Waals surface area (Å²) in [6.07, 6.45) is 0. The highest BCUT2D eigenvalue weighted by Gasteiger charge is 2.10. The molecule has 7 heteroatoms. The Hall–Kier alpha value is -2.86. The second kappa shape index (κ2) is 5.50. The number of carbonyl (C=O) groups is 1. The molecule has 3 rings (SSSR count). The number of H-pyrrole nitrogens is 1. The third kappa shape index (κ3) is 2.64. The van der Waals surface area contributed by atoms with Gasteiger partial charge in [-0.25, -0.2) is 4.79 Å². The van der Waals surface area contributed by atoms with E-state index in [2.05, 4.69) is 15.2 Å². The molecule has 0 amide bonds. The zero-order chi connectivity index (χ0) is 15.7. The molecule has 0 aliphatic rings. The molecule has 0 bridgehead atoms. The van der Waals surface area contributed by atoms with Crippen molar-refractivity contribution < 1.29 is 15.0 Å². The number of azo groups is 1. The molecule has 3 aromatic rings. The number of fused-ring (bicyclic) bond motifs is 1. The van der Waals surface area contributed by atoms with Gasteiger partial charge in [-0.05, 0) is 42.5 Å². The molecular formula is C15H10ClN3O3. The number of hydrogen-bond donors (Lipinski definition) is 3. The van der Waals surface area contributed by atoms with Gasteiger partial charge in [-0.3, -0.25) is 0 Å². The Bertz CT molecular complexity index is 885. The minimum Gasteiger partial charge on any atom is -0.493 e. The van der Waals surface area contributed by atoms with Gasteiger partial charge >= 0.3 is 5.97 Å². The fraction of sp³-hybridized carbons (Fsp3) is 0. The van der Waals surface area contributed by atoms with Crippen LogP contribution in [0.3, 0.4) is 0 Å². The van der Waals surface area contributed by atoms with E-state index in [0.717, 1.165) is 0 Å². The number of carboxylic acids is 1. The molecule has 0 atom stereocenters. The van der Waals surface area contributed by atoms with Crippen LogP contribution in [0.1, 0.15) is 10.4 Å². The summed E-state index contributed by atoms with van der Waals surface area (Å²) < 4.78 is 0. The van der Waals surface area contributed by atoms with Gasteiger partial charge in [0, 0.05) is 10.4 Å². The Kier molecular flexibility index (Phi) is 3.52. The maximum absolute atomic E-state index is 10.8. The minimum absolute atomic E-state index is 0.108. The summed E-state index contributed by atoms with van der Waals surface area (Å²) in [5, 5.41) is 27.9. The Morgan fingerprint density at radius 3 is 2.50 bits per heavy atom. The molecular weight excluding hydrogens is 306 g/mol. The number of aromatic nitrogens is 1. The van der Waals surface area contributed by atoms with Crippen LogP contribution in [0, 0.1) is 0 Å². The lowest BCUT2D eigenvalue weighted by Gasteiger charge is -1.95. The van der Waals surface area contributed by atoms with Gasteiger partial charge in [-0.1, -0.05) is 11.6 Å². The molecule has 3 N–H and O–H groups in total. The number of nitrogens with zero attached hydrogens (tertiary/aromatic N) is 2. The molecule has 0 saturated carbocycles. The lowest BCUT2D eigenvalue weighted by atomic mass is 10.2. The van der Waals surface area contributed by atoms with Crippen molar-refractivity contribution in [2.45, 2.75) is 0 Å². The topological polar surface area (TPSA) is 98.0 Å². The number of benzene rings is 2. The predicted molar refractivity (Wildman–Crippen MR) is 82.6 cm³/mol. The molecule has 0 saturated heterocycles. The van der Waals surface area contributed by atoms with E-state index >= 15 is 0 Å². The number of aromatic amines is 1. The van der Waals surface area contributed by atoms with Crippen LogP contribution in [0.15, 0.2) is 52.7 Å². The van der Waals surface area contributed by atoms with E-state index in [4.69, 9.17) is 16.7 Å². The summed E-state index contributed by atoms with van der Waals surface area (Å²) in [5.41, 5.74) is 1.61. The molecule has 1 aromatic heterocycles. The van der Waals surface area contributed by atoms with E-state index in [1.807, 2.05) is 0 Å². The van der Waals surface area contributed by atoms with Crippen molar-refractivity contribution in [3.8, 4) is 5.88 Å². The first-order valence-electron chi connectivity index (χ1n) is 6.30. The summed E-state index contributed by atoms with van der Waals surface area (Å²) in [6.45, 7) is 0. The van der Waals surface area contributed by atoms with E-state index in [-0.39, 0.29) is 17.1 Å². The van der Waals surface area contributed by atoms with E-state index < -0.39 is 5.97 Å². The molecule has 0 spiro atoms. The zero-order valence-electron chi connectivity index (χ0n) is 11.1. The number of rotatable bonds is 3. The summed E-state index contributed by atoms with van der Waals surface area (Å²) in [4.78, 5) is 13.6. The predicted octanol–water partition coefficient (Wildman–Crippen LogP) is 4.64. The first-order valence-corrected chi connectivity index (χ1v) is 6.67.